The Hall–Kier alpha value is -1.91. The first kappa shape index (κ1) is 16.5. The van der Waals surface area contributed by atoms with E-state index in [9.17, 15) is 13.2 Å². The Morgan fingerprint density at radius 1 is 1.55 bits per heavy atom. The van der Waals surface area contributed by atoms with Crippen molar-refractivity contribution in [2.45, 2.75) is 17.7 Å². The maximum absolute atomic E-state index is 12.3. The van der Waals surface area contributed by atoms with Gasteiger partial charge in [0, 0.05) is 13.3 Å². The summed E-state index contributed by atoms with van der Waals surface area (Å²) >= 11 is 0.717. The number of aromatic nitrogens is 2. The molecule has 0 aliphatic carbocycles. The molecule has 0 atom stereocenters. The summed E-state index contributed by atoms with van der Waals surface area (Å²) in [6.45, 7) is 2.52. The molecule has 0 aliphatic heterocycles. The van der Waals surface area contributed by atoms with Crippen molar-refractivity contribution >= 4 is 33.0 Å². The van der Waals surface area contributed by atoms with Gasteiger partial charge in [0.2, 0.25) is 0 Å². The van der Waals surface area contributed by atoms with Crippen LogP contribution in [-0.2, 0) is 21.3 Å². The number of carboxylic acid groups (broad SMARTS) is 1. The topological polar surface area (TPSA) is 111 Å². The predicted octanol–water partition coefficient (Wildman–Crippen LogP) is 1.40. The molecular weight excluding hydrogens is 330 g/mol. The molecule has 0 radical (unpaired) electrons. The molecule has 8 nitrogen and oxygen atoms in total. The molecule has 22 heavy (non-hydrogen) atoms. The van der Waals surface area contributed by atoms with Gasteiger partial charge in [-0.15, -0.1) is 11.3 Å². The minimum Gasteiger partial charge on any atom is -0.477 e. The molecule has 0 amide bonds. The molecule has 0 unspecified atom stereocenters. The molecule has 120 valence electrons. The van der Waals surface area contributed by atoms with Gasteiger partial charge in [-0.05, 0) is 18.6 Å². The molecular formula is C12H15N3O5S2. The third kappa shape index (κ3) is 3.64. The molecule has 10 heteroatoms. The van der Waals surface area contributed by atoms with Crippen molar-refractivity contribution < 1.29 is 23.1 Å². The van der Waals surface area contributed by atoms with Crippen molar-refractivity contribution in [3.63, 3.8) is 0 Å². The molecule has 0 saturated heterocycles. The Labute approximate surface area is 131 Å². The van der Waals surface area contributed by atoms with E-state index in [-0.39, 0.29) is 9.09 Å². The number of anilines is 1. The third-order valence-corrected chi connectivity index (χ3v) is 5.84. The standard InChI is InChI=1S/C12H15N3O5S2/c1-8-5-10(21-11(8)12(16)17)22(18,19)14-9-6-13-15(7-9)3-4-20-2/h5-7,14H,3-4H2,1-2H3,(H,16,17). The average molecular weight is 345 g/mol. The van der Waals surface area contributed by atoms with Crippen molar-refractivity contribution in [2.75, 3.05) is 18.4 Å². The number of sulfonamides is 1. The highest BCUT2D eigenvalue weighted by Gasteiger charge is 2.22. The maximum Gasteiger partial charge on any atom is 0.346 e. The van der Waals surface area contributed by atoms with E-state index in [0.717, 1.165) is 11.3 Å². The summed E-state index contributed by atoms with van der Waals surface area (Å²) in [4.78, 5) is 11.0. The molecule has 0 spiro atoms. The second kappa shape index (κ2) is 6.46. The number of methoxy groups -OCH3 is 1. The Morgan fingerprint density at radius 3 is 2.86 bits per heavy atom. The van der Waals surface area contributed by atoms with E-state index in [1.807, 2.05) is 0 Å². The first-order chi connectivity index (χ1) is 10.3. The van der Waals surface area contributed by atoms with Gasteiger partial charge in [-0.2, -0.15) is 5.10 Å². The first-order valence-corrected chi connectivity index (χ1v) is 8.51. The average Bonchev–Trinajstić information content (AvgIpc) is 3.03. The van der Waals surface area contributed by atoms with Crippen molar-refractivity contribution in [2.24, 2.45) is 0 Å². The van der Waals surface area contributed by atoms with Crippen LogP contribution in [0.25, 0.3) is 0 Å². The van der Waals surface area contributed by atoms with Crippen LogP contribution in [0.4, 0.5) is 5.69 Å². The van der Waals surface area contributed by atoms with Crippen molar-refractivity contribution in [3.8, 4) is 0 Å². The number of nitrogens with zero attached hydrogens (tertiary/aromatic N) is 2. The fraction of sp³-hybridized carbons (Fsp3) is 0.333. The smallest absolute Gasteiger partial charge is 0.346 e. The normalized spacial score (nSPS) is 11.5. The summed E-state index contributed by atoms with van der Waals surface area (Å²) in [5.41, 5.74) is 0.715. The number of rotatable bonds is 7. The van der Waals surface area contributed by atoms with E-state index in [1.54, 1.807) is 18.7 Å². The van der Waals surface area contributed by atoms with Crippen LogP contribution in [-0.4, -0.2) is 43.0 Å². The van der Waals surface area contributed by atoms with Gasteiger partial charge >= 0.3 is 5.97 Å². The van der Waals surface area contributed by atoms with E-state index >= 15 is 0 Å². The fourth-order valence-electron chi connectivity index (χ4n) is 1.73. The molecule has 0 saturated carbocycles. The van der Waals surface area contributed by atoms with Crippen LogP contribution < -0.4 is 4.72 Å². The highest BCUT2D eigenvalue weighted by atomic mass is 32.2. The number of aryl methyl sites for hydroxylation is 1. The lowest BCUT2D eigenvalue weighted by molar-refractivity contribution is 0.0701. The Balaban J connectivity index is 2.19. The van der Waals surface area contributed by atoms with Gasteiger partial charge in [0.25, 0.3) is 10.0 Å². The minimum atomic E-state index is -3.84. The number of ether oxygens (including phenoxy) is 1. The lowest BCUT2D eigenvalue weighted by Gasteiger charge is -2.03. The SMILES string of the molecule is COCCn1cc(NS(=O)(=O)c2cc(C)c(C(=O)O)s2)cn1. The van der Waals surface area contributed by atoms with Crippen molar-refractivity contribution in [1.82, 2.24) is 9.78 Å². The van der Waals surface area contributed by atoms with Crippen LogP contribution in [0, 0.1) is 6.92 Å². The van der Waals surface area contributed by atoms with Gasteiger partial charge in [0.05, 0.1) is 25.0 Å². The Morgan fingerprint density at radius 2 is 2.27 bits per heavy atom. The summed E-state index contributed by atoms with van der Waals surface area (Å²) in [7, 11) is -2.27. The second-order valence-electron chi connectivity index (χ2n) is 4.47. The lowest BCUT2D eigenvalue weighted by atomic mass is 10.3. The summed E-state index contributed by atoms with van der Waals surface area (Å²) in [5, 5.41) is 13.0. The zero-order valence-electron chi connectivity index (χ0n) is 11.9. The Bertz CT molecular complexity index is 779. The van der Waals surface area contributed by atoms with Crippen molar-refractivity contribution in [1.29, 1.82) is 0 Å². The molecule has 0 aliphatic rings. The van der Waals surface area contributed by atoms with Gasteiger partial charge < -0.3 is 9.84 Å². The van der Waals surface area contributed by atoms with Crippen LogP contribution in [0.5, 0.6) is 0 Å². The van der Waals surface area contributed by atoms with E-state index in [4.69, 9.17) is 9.84 Å². The zero-order valence-corrected chi connectivity index (χ0v) is 13.6. The fourth-order valence-corrected chi connectivity index (χ4v) is 4.13. The van der Waals surface area contributed by atoms with Gasteiger partial charge in [0.15, 0.2) is 0 Å². The number of nitrogens with one attached hydrogen (secondary N) is 1. The van der Waals surface area contributed by atoms with Gasteiger partial charge in [-0.25, -0.2) is 13.2 Å². The number of hydrogen-bond donors (Lipinski definition) is 2. The quantitative estimate of drug-likeness (QED) is 0.785. The molecule has 0 aromatic carbocycles. The van der Waals surface area contributed by atoms with Gasteiger partial charge in [0.1, 0.15) is 9.09 Å². The van der Waals surface area contributed by atoms with Crippen LogP contribution in [0.2, 0.25) is 0 Å². The number of carbonyl (C=O) groups is 1. The highest BCUT2D eigenvalue weighted by molar-refractivity contribution is 7.94. The molecule has 2 rings (SSSR count). The zero-order chi connectivity index (χ0) is 16.3. The van der Waals surface area contributed by atoms with Gasteiger partial charge in [-0.3, -0.25) is 9.40 Å². The highest BCUT2D eigenvalue weighted by Crippen LogP contribution is 2.27. The van der Waals surface area contributed by atoms with E-state index in [2.05, 4.69) is 9.82 Å². The monoisotopic (exact) mass is 345 g/mol. The predicted molar refractivity (Wildman–Crippen MR) is 80.9 cm³/mol. The van der Waals surface area contributed by atoms with Crippen LogP contribution in [0.3, 0.4) is 0 Å². The van der Waals surface area contributed by atoms with Crippen molar-refractivity contribution in [3.05, 3.63) is 28.9 Å². The molecule has 2 aromatic rings. The summed E-state index contributed by atoms with van der Waals surface area (Å²) in [6, 6.07) is 1.34. The minimum absolute atomic E-state index is 0.0103. The molecule has 2 N–H and O–H groups in total. The lowest BCUT2D eigenvalue weighted by Crippen LogP contribution is -2.11. The number of hydrogen-bond acceptors (Lipinski definition) is 6. The largest absolute Gasteiger partial charge is 0.477 e. The number of aromatic carboxylic acids is 1. The molecule has 2 heterocycles. The van der Waals surface area contributed by atoms with E-state index in [0.29, 0.717) is 24.4 Å². The van der Waals surface area contributed by atoms with Crippen LogP contribution in [0.15, 0.2) is 22.7 Å². The summed E-state index contributed by atoms with van der Waals surface area (Å²) in [6.07, 6.45) is 2.92. The van der Waals surface area contributed by atoms with Crippen LogP contribution >= 0.6 is 11.3 Å². The Kier molecular flexibility index (Phi) is 4.84. The van der Waals surface area contributed by atoms with Crippen LogP contribution in [0.1, 0.15) is 15.2 Å². The first-order valence-electron chi connectivity index (χ1n) is 6.21. The van der Waals surface area contributed by atoms with E-state index < -0.39 is 16.0 Å². The number of carboxylic acids is 1. The maximum atomic E-state index is 12.3. The second-order valence-corrected chi connectivity index (χ2v) is 7.43. The molecule has 0 fully saturated rings. The third-order valence-electron chi connectivity index (χ3n) is 2.76. The van der Waals surface area contributed by atoms with E-state index in [1.165, 1.54) is 18.5 Å². The molecule has 0 bridgehead atoms. The molecule has 2 aromatic heterocycles. The van der Waals surface area contributed by atoms with Gasteiger partial charge in [-0.1, -0.05) is 0 Å². The summed E-state index contributed by atoms with van der Waals surface area (Å²) in [5.74, 6) is -1.14. The number of thiophene rings is 1. The summed E-state index contributed by atoms with van der Waals surface area (Å²) < 4.78 is 33.3.